The molecule has 0 spiro atoms. The van der Waals surface area contributed by atoms with E-state index in [9.17, 15) is 0 Å². The summed E-state index contributed by atoms with van der Waals surface area (Å²) in [5.74, 6) is 0.930. The molecule has 1 aliphatic rings. The van der Waals surface area contributed by atoms with Gasteiger partial charge >= 0.3 is 0 Å². The first-order chi connectivity index (χ1) is 6.63. The Balaban J connectivity index is 2.02. The molecule has 0 unspecified atom stereocenters. The molecule has 0 heterocycles. The fourth-order valence-corrected chi connectivity index (χ4v) is 1.83. The summed E-state index contributed by atoms with van der Waals surface area (Å²) in [5.41, 5.74) is 2.44. The molecule has 1 saturated carbocycles. The molecule has 2 rings (SSSR count). The second-order valence-electron chi connectivity index (χ2n) is 4.19. The van der Waals surface area contributed by atoms with E-state index in [1.165, 1.54) is 11.1 Å². The van der Waals surface area contributed by atoms with Gasteiger partial charge in [-0.15, -0.1) is 0 Å². The minimum absolute atomic E-state index is 0.147. The normalized spacial score (nSPS) is 25.6. The molecule has 2 nitrogen and oxygen atoms in total. The second kappa shape index (κ2) is 3.62. The highest BCUT2D eigenvalue weighted by Gasteiger charge is 2.28. The molecule has 1 fully saturated rings. The number of aryl methyl sites for hydroxylation is 2. The van der Waals surface area contributed by atoms with Crippen molar-refractivity contribution in [1.29, 1.82) is 0 Å². The molecule has 1 aromatic carbocycles. The van der Waals surface area contributed by atoms with Gasteiger partial charge in [-0.3, -0.25) is 0 Å². The predicted octanol–water partition coefficient (Wildman–Crippen LogP) is 2.21. The molecular weight excluding hydrogens is 176 g/mol. The van der Waals surface area contributed by atoms with Crippen LogP contribution in [0.4, 0.5) is 0 Å². The summed E-state index contributed by atoms with van der Waals surface area (Å²) in [5, 5.41) is 9.13. The fourth-order valence-electron chi connectivity index (χ4n) is 1.83. The minimum atomic E-state index is -0.147. The molecule has 0 saturated heterocycles. The second-order valence-corrected chi connectivity index (χ2v) is 4.19. The smallest absolute Gasteiger partial charge is 0.120 e. The molecule has 2 heteroatoms. The number of aliphatic hydroxyl groups excluding tert-OH is 1. The predicted molar refractivity (Wildman–Crippen MR) is 55.6 cm³/mol. The van der Waals surface area contributed by atoms with Crippen molar-refractivity contribution in [3.8, 4) is 5.75 Å². The zero-order valence-electron chi connectivity index (χ0n) is 8.66. The van der Waals surface area contributed by atoms with Crippen LogP contribution in [0.15, 0.2) is 18.2 Å². The van der Waals surface area contributed by atoms with Crippen molar-refractivity contribution in [3.63, 3.8) is 0 Å². The first-order valence-electron chi connectivity index (χ1n) is 5.06. The largest absolute Gasteiger partial charge is 0.490 e. The lowest BCUT2D eigenvalue weighted by Crippen LogP contribution is -2.37. The fraction of sp³-hybridized carbons (Fsp3) is 0.500. The van der Waals surface area contributed by atoms with Gasteiger partial charge in [-0.05, 0) is 37.1 Å². The number of aliphatic hydroxyl groups is 1. The van der Waals surface area contributed by atoms with Gasteiger partial charge in [-0.1, -0.05) is 6.07 Å². The molecule has 0 aliphatic heterocycles. The summed E-state index contributed by atoms with van der Waals surface area (Å²) < 4.78 is 5.72. The van der Waals surface area contributed by atoms with Crippen LogP contribution in [-0.4, -0.2) is 17.3 Å². The highest BCUT2D eigenvalue weighted by Crippen LogP contribution is 2.26. The third-order valence-electron chi connectivity index (χ3n) is 2.57. The van der Waals surface area contributed by atoms with Crippen LogP contribution in [0, 0.1) is 13.8 Å². The van der Waals surface area contributed by atoms with Gasteiger partial charge in [0, 0.05) is 12.8 Å². The van der Waals surface area contributed by atoms with E-state index in [4.69, 9.17) is 9.84 Å². The molecule has 0 aromatic heterocycles. The van der Waals surface area contributed by atoms with Crippen molar-refractivity contribution >= 4 is 0 Å². The van der Waals surface area contributed by atoms with Crippen LogP contribution >= 0.6 is 0 Å². The van der Waals surface area contributed by atoms with Crippen molar-refractivity contribution in [2.45, 2.75) is 38.9 Å². The first kappa shape index (κ1) is 9.53. The van der Waals surface area contributed by atoms with Gasteiger partial charge in [0.1, 0.15) is 11.9 Å². The van der Waals surface area contributed by atoms with Crippen molar-refractivity contribution in [3.05, 3.63) is 29.3 Å². The first-order valence-corrected chi connectivity index (χ1v) is 5.06. The van der Waals surface area contributed by atoms with Gasteiger partial charge in [0.15, 0.2) is 0 Å². The van der Waals surface area contributed by atoms with E-state index >= 15 is 0 Å². The van der Waals surface area contributed by atoms with Gasteiger partial charge in [-0.25, -0.2) is 0 Å². The molecule has 0 amide bonds. The number of rotatable bonds is 2. The summed E-state index contributed by atoms with van der Waals surface area (Å²) in [6, 6.07) is 6.21. The SMILES string of the molecule is Cc1cc(C)cc(OC2CC(O)C2)c1. The maximum Gasteiger partial charge on any atom is 0.120 e. The highest BCUT2D eigenvalue weighted by atomic mass is 16.5. The quantitative estimate of drug-likeness (QED) is 0.778. The van der Waals surface area contributed by atoms with Crippen molar-refractivity contribution < 1.29 is 9.84 Å². The molecule has 0 atom stereocenters. The van der Waals surface area contributed by atoms with E-state index in [0.717, 1.165) is 18.6 Å². The van der Waals surface area contributed by atoms with Crippen LogP contribution in [0.25, 0.3) is 0 Å². The van der Waals surface area contributed by atoms with Crippen molar-refractivity contribution in [2.24, 2.45) is 0 Å². The molecule has 0 bridgehead atoms. The Kier molecular flexibility index (Phi) is 2.46. The van der Waals surface area contributed by atoms with E-state index in [1.54, 1.807) is 0 Å². The van der Waals surface area contributed by atoms with Crippen LogP contribution in [0.2, 0.25) is 0 Å². The van der Waals surface area contributed by atoms with E-state index in [2.05, 4.69) is 19.9 Å². The Morgan fingerprint density at radius 3 is 2.21 bits per heavy atom. The van der Waals surface area contributed by atoms with Gasteiger partial charge in [0.2, 0.25) is 0 Å². The van der Waals surface area contributed by atoms with E-state index in [1.807, 2.05) is 12.1 Å². The maximum absolute atomic E-state index is 9.13. The van der Waals surface area contributed by atoms with Crippen LogP contribution in [0.5, 0.6) is 5.75 Å². The molecule has 76 valence electrons. The number of hydrogen-bond acceptors (Lipinski definition) is 2. The molecule has 14 heavy (non-hydrogen) atoms. The summed E-state index contributed by atoms with van der Waals surface area (Å²) in [6.07, 6.45) is 1.61. The summed E-state index contributed by atoms with van der Waals surface area (Å²) >= 11 is 0. The van der Waals surface area contributed by atoms with E-state index in [-0.39, 0.29) is 12.2 Å². The minimum Gasteiger partial charge on any atom is -0.490 e. The zero-order valence-corrected chi connectivity index (χ0v) is 8.66. The van der Waals surface area contributed by atoms with Gasteiger partial charge in [-0.2, -0.15) is 0 Å². The number of ether oxygens (including phenoxy) is 1. The third kappa shape index (κ3) is 2.07. The monoisotopic (exact) mass is 192 g/mol. The van der Waals surface area contributed by atoms with Crippen LogP contribution in [0.1, 0.15) is 24.0 Å². The summed E-state index contributed by atoms with van der Waals surface area (Å²) in [4.78, 5) is 0. The van der Waals surface area contributed by atoms with Crippen LogP contribution in [-0.2, 0) is 0 Å². The van der Waals surface area contributed by atoms with E-state index in [0.29, 0.717) is 0 Å². The summed E-state index contributed by atoms with van der Waals surface area (Å²) in [6.45, 7) is 4.13. The lowest BCUT2D eigenvalue weighted by molar-refractivity contribution is -0.0108. The Morgan fingerprint density at radius 1 is 1.14 bits per heavy atom. The van der Waals surface area contributed by atoms with Crippen LogP contribution < -0.4 is 4.74 Å². The van der Waals surface area contributed by atoms with Gasteiger partial charge in [0.05, 0.1) is 6.10 Å². The molecule has 1 N–H and O–H groups in total. The average Bonchev–Trinajstić information content (AvgIpc) is 1.99. The van der Waals surface area contributed by atoms with Crippen LogP contribution in [0.3, 0.4) is 0 Å². The lowest BCUT2D eigenvalue weighted by atomic mass is 9.92. The van der Waals surface area contributed by atoms with Crippen molar-refractivity contribution in [1.82, 2.24) is 0 Å². The highest BCUT2D eigenvalue weighted by molar-refractivity contribution is 5.33. The topological polar surface area (TPSA) is 29.5 Å². The number of benzene rings is 1. The zero-order chi connectivity index (χ0) is 10.1. The van der Waals surface area contributed by atoms with E-state index < -0.39 is 0 Å². The van der Waals surface area contributed by atoms with Gasteiger partial charge in [0.25, 0.3) is 0 Å². The number of hydrogen-bond donors (Lipinski definition) is 1. The molecule has 1 aliphatic carbocycles. The Hall–Kier alpha value is -1.02. The maximum atomic E-state index is 9.13. The third-order valence-corrected chi connectivity index (χ3v) is 2.57. The molecular formula is C12H16O2. The molecule has 1 aromatic rings. The Labute approximate surface area is 84.5 Å². The molecule has 0 radical (unpaired) electrons. The lowest BCUT2D eigenvalue weighted by Gasteiger charge is -2.31. The Bertz CT molecular complexity index is 307. The average molecular weight is 192 g/mol. The standard InChI is InChI=1S/C12H16O2/c1-8-3-9(2)5-11(4-8)14-12-6-10(13)7-12/h3-5,10,12-13H,6-7H2,1-2H3. The Morgan fingerprint density at radius 2 is 1.71 bits per heavy atom. The van der Waals surface area contributed by atoms with Crippen molar-refractivity contribution in [2.75, 3.05) is 0 Å². The van der Waals surface area contributed by atoms with Gasteiger partial charge < -0.3 is 9.84 Å². The summed E-state index contributed by atoms with van der Waals surface area (Å²) in [7, 11) is 0.